The van der Waals surface area contributed by atoms with E-state index in [9.17, 15) is 0 Å². The van der Waals surface area contributed by atoms with Crippen LogP contribution in [0.4, 0.5) is 0 Å². The molecule has 26 heavy (non-hydrogen) atoms. The second-order valence-electron chi connectivity index (χ2n) is 6.47. The van der Waals surface area contributed by atoms with Gasteiger partial charge in [-0.05, 0) is 55.5 Å². The topological polar surface area (TPSA) is 69.0 Å². The largest absolute Gasteiger partial charge is 0.550 e. The van der Waals surface area contributed by atoms with Crippen molar-refractivity contribution >= 4 is 38.5 Å². The molecule has 0 atom stereocenters. The maximum absolute atomic E-state index is 8.89. The number of aromatic nitrogens is 2. The van der Waals surface area contributed by atoms with Gasteiger partial charge in [-0.25, -0.2) is 4.57 Å². The molecular formula is C21H22N2O3. The number of hydrogen-bond acceptors (Lipinski definition) is 3. The fraction of sp³-hybridized carbons (Fsp3) is 0.238. The molecular weight excluding hydrogens is 328 g/mol. The van der Waals surface area contributed by atoms with E-state index in [1.165, 1.54) is 38.2 Å². The molecule has 0 aliphatic carbocycles. The van der Waals surface area contributed by atoms with Gasteiger partial charge in [-0.15, -0.1) is 0 Å². The van der Waals surface area contributed by atoms with Crippen LogP contribution in [0.3, 0.4) is 0 Å². The predicted molar refractivity (Wildman–Crippen MR) is 101 cm³/mol. The van der Waals surface area contributed by atoms with Crippen molar-refractivity contribution in [3.05, 3.63) is 47.8 Å². The van der Waals surface area contributed by atoms with Crippen molar-refractivity contribution in [1.29, 1.82) is 0 Å². The number of fused-ring (bicyclic) bond motifs is 4. The molecule has 2 heterocycles. The van der Waals surface area contributed by atoms with Gasteiger partial charge in [0.2, 0.25) is 0 Å². The zero-order chi connectivity index (χ0) is 19.0. The molecule has 4 aromatic rings. The Bertz CT molecular complexity index is 1140. The van der Waals surface area contributed by atoms with Crippen LogP contribution >= 0.6 is 0 Å². The van der Waals surface area contributed by atoms with Crippen molar-refractivity contribution in [2.45, 2.75) is 20.8 Å². The minimum atomic E-state index is -1.08. The summed E-state index contributed by atoms with van der Waals surface area (Å²) in [5.41, 5.74) is 4.99. The van der Waals surface area contributed by atoms with E-state index in [-0.39, 0.29) is 0 Å². The molecule has 0 spiro atoms. The summed E-state index contributed by atoms with van der Waals surface area (Å²) in [6.45, 7) is 5.37. The highest BCUT2D eigenvalue weighted by atomic mass is 16.5. The normalized spacial score (nSPS) is 10.8. The summed E-state index contributed by atoms with van der Waals surface area (Å²) in [5.74, 6) is -0.191. The van der Waals surface area contributed by atoms with Crippen LogP contribution in [0.5, 0.6) is 5.75 Å². The Balaban J connectivity index is 0.000000447. The van der Waals surface area contributed by atoms with Gasteiger partial charge in [-0.1, -0.05) is 0 Å². The molecule has 0 radical (unpaired) electrons. The first-order valence-corrected chi connectivity index (χ1v) is 8.38. The van der Waals surface area contributed by atoms with Crippen LogP contribution < -0.4 is 14.4 Å². The van der Waals surface area contributed by atoms with E-state index in [0.29, 0.717) is 0 Å². The van der Waals surface area contributed by atoms with Crippen LogP contribution in [0, 0.1) is 13.8 Å². The van der Waals surface area contributed by atoms with E-state index in [0.717, 1.165) is 18.2 Å². The number of ether oxygens (including phenoxy) is 1. The standard InChI is InChI=1S/C19H18N2O.C2H4O2/c1-11-16-10-21(3)8-7-14(16)12(2)19-18(11)15-9-13(22-4)5-6-17(15)20-19;1-2(3)4/h5-10H,1-4H3;1H3,(H,3,4). The number of H-pyrrole nitrogens is 1. The summed E-state index contributed by atoms with van der Waals surface area (Å²) in [6, 6.07) is 8.42. The molecule has 0 fully saturated rings. The van der Waals surface area contributed by atoms with Gasteiger partial charge in [0, 0.05) is 33.7 Å². The number of nitrogens with one attached hydrogen (secondary N) is 1. The molecule has 0 bridgehead atoms. The lowest BCUT2D eigenvalue weighted by atomic mass is 9.97. The first-order valence-electron chi connectivity index (χ1n) is 8.38. The number of hydrogen-bond donors (Lipinski definition) is 1. The third-order valence-electron chi connectivity index (χ3n) is 4.66. The van der Waals surface area contributed by atoms with Gasteiger partial charge < -0.3 is 19.6 Å². The summed E-state index contributed by atoms with van der Waals surface area (Å²) in [7, 11) is 3.78. The smallest absolute Gasteiger partial charge is 0.176 e. The Kier molecular flexibility index (Phi) is 4.55. The van der Waals surface area contributed by atoms with Crippen LogP contribution in [-0.2, 0) is 11.8 Å². The fourth-order valence-corrected chi connectivity index (χ4v) is 3.46. The number of carbonyl (C=O) groups is 1. The molecule has 5 heteroatoms. The van der Waals surface area contributed by atoms with E-state index in [1.807, 2.05) is 6.07 Å². The van der Waals surface area contributed by atoms with Crippen LogP contribution in [0.2, 0.25) is 0 Å². The SMILES string of the molecule is CC(=O)[O-].COc1ccc2[nH]c3c(C)c4cc[n+](C)cc4c(C)c3c2c1. The molecule has 1 N–H and O–H groups in total. The summed E-state index contributed by atoms with van der Waals surface area (Å²) in [5, 5.41) is 14.0. The lowest BCUT2D eigenvalue weighted by Crippen LogP contribution is -2.26. The lowest BCUT2D eigenvalue weighted by Gasteiger charge is -2.07. The minimum absolute atomic E-state index is 0.893. The predicted octanol–water partition coefficient (Wildman–Crippen LogP) is 2.68. The van der Waals surface area contributed by atoms with Gasteiger partial charge >= 0.3 is 0 Å². The molecule has 134 valence electrons. The van der Waals surface area contributed by atoms with Crippen LogP contribution in [0.1, 0.15) is 18.1 Å². The Morgan fingerprint density at radius 3 is 2.46 bits per heavy atom. The van der Waals surface area contributed by atoms with E-state index in [1.54, 1.807) is 7.11 Å². The molecule has 0 aliphatic heterocycles. The zero-order valence-corrected chi connectivity index (χ0v) is 15.6. The molecule has 0 saturated heterocycles. The number of aromatic amines is 1. The van der Waals surface area contributed by atoms with Gasteiger partial charge in [0.25, 0.3) is 0 Å². The first kappa shape index (κ1) is 17.7. The average Bonchev–Trinajstić information content (AvgIpc) is 2.98. The number of carbonyl (C=O) groups excluding carboxylic acids is 1. The maximum atomic E-state index is 8.89. The van der Waals surface area contributed by atoms with Gasteiger partial charge in [0.15, 0.2) is 12.4 Å². The molecule has 2 aromatic heterocycles. The Morgan fingerprint density at radius 1 is 1.12 bits per heavy atom. The summed E-state index contributed by atoms with van der Waals surface area (Å²) < 4.78 is 7.51. The van der Waals surface area contributed by atoms with E-state index < -0.39 is 5.97 Å². The second kappa shape index (κ2) is 6.67. The number of benzene rings is 2. The van der Waals surface area contributed by atoms with Crippen LogP contribution in [0.25, 0.3) is 32.6 Å². The Morgan fingerprint density at radius 2 is 1.81 bits per heavy atom. The minimum Gasteiger partial charge on any atom is -0.550 e. The Labute approximate surface area is 151 Å². The molecule has 5 nitrogen and oxygen atoms in total. The monoisotopic (exact) mass is 350 g/mol. The molecule has 0 saturated carbocycles. The quantitative estimate of drug-likeness (QED) is 0.537. The number of rotatable bonds is 1. The van der Waals surface area contributed by atoms with Gasteiger partial charge in [0.05, 0.1) is 12.6 Å². The summed E-state index contributed by atoms with van der Waals surface area (Å²) in [4.78, 5) is 12.5. The number of nitrogens with zero attached hydrogens (tertiary/aromatic N) is 1. The van der Waals surface area contributed by atoms with Gasteiger partial charge in [-0.2, -0.15) is 0 Å². The van der Waals surface area contributed by atoms with Crippen molar-refractivity contribution in [2.24, 2.45) is 7.05 Å². The van der Waals surface area contributed by atoms with E-state index in [2.05, 4.69) is 61.0 Å². The molecule has 4 rings (SSSR count). The van der Waals surface area contributed by atoms with Gasteiger partial charge in [0.1, 0.15) is 12.8 Å². The van der Waals surface area contributed by atoms with Crippen LogP contribution in [-0.4, -0.2) is 18.1 Å². The fourth-order valence-electron chi connectivity index (χ4n) is 3.46. The van der Waals surface area contributed by atoms with Crippen molar-refractivity contribution in [2.75, 3.05) is 7.11 Å². The molecule has 0 unspecified atom stereocenters. The van der Waals surface area contributed by atoms with Gasteiger partial charge in [-0.3, -0.25) is 0 Å². The molecule has 2 aromatic carbocycles. The van der Waals surface area contributed by atoms with Crippen molar-refractivity contribution in [3.63, 3.8) is 0 Å². The number of carboxylic acid groups (broad SMARTS) is 1. The van der Waals surface area contributed by atoms with Crippen LogP contribution in [0.15, 0.2) is 36.7 Å². The highest BCUT2D eigenvalue weighted by molar-refractivity contribution is 6.16. The number of pyridine rings is 1. The number of carboxylic acids is 1. The maximum Gasteiger partial charge on any atom is 0.176 e. The summed E-state index contributed by atoms with van der Waals surface area (Å²) in [6.07, 6.45) is 4.31. The van der Waals surface area contributed by atoms with E-state index in [4.69, 9.17) is 14.6 Å². The average molecular weight is 350 g/mol. The molecule has 0 aliphatic rings. The summed E-state index contributed by atoms with van der Waals surface area (Å²) >= 11 is 0. The number of methoxy groups -OCH3 is 1. The highest BCUT2D eigenvalue weighted by Crippen LogP contribution is 2.37. The van der Waals surface area contributed by atoms with Crippen molar-refractivity contribution < 1.29 is 19.2 Å². The first-order chi connectivity index (χ1) is 12.3. The Hall–Kier alpha value is -3.08. The van der Waals surface area contributed by atoms with E-state index >= 15 is 0 Å². The molecule has 0 amide bonds. The van der Waals surface area contributed by atoms with Crippen molar-refractivity contribution in [1.82, 2.24) is 4.98 Å². The lowest BCUT2D eigenvalue weighted by molar-refractivity contribution is -0.670. The number of aliphatic carboxylic acids is 1. The zero-order valence-electron chi connectivity index (χ0n) is 15.6. The third kappa shape index (κ3) is 2.96. The highest BCUT2D eigenvalue weighted by Gasteiger charge is 2.16. The second-order valence-corrected chi connectivity index (χ2v) is 6.47. The van der Waals surface area contributed by atoms with Crippen molar-refractivity contribution in [3.8, 4) is 5.75 Å². The third-order valence-corrected chi connectivity index (χ3v) is 4.66. The number of aryl methyl sites for hydroxylation is 3.